The molecule has 1 aliphatic rings. The summed E-state index contributed by atoms with van der Waals surface area (Å²) in [7, 11) is 0. The standard InChI is InChI=1S/C25H31F3O/c1-3-5-6-7-8-17-9-14-23(29-16-17)21-13-12-20(24(27)25(21)28)19-11-10-18(4-2)22(26)15-19/h10-13,15,17,23H,3-9,14,16H2,1-2H3. The smallest absolute Gasteiger partial charge is 0.167 e. The highest BCUT2D eigenvalue weighted by atomic mass is 19.2. The predicted octanol–water partition coefficient (Wildman–Crippen LogP) is 7.77. The van der Waals surface area contributed by atoms with Crippen molar-refractivity contribution in [3.05, 3.63) is 58.9 Å². The third-order valence-corrected chi connectivity index (χ3v) is 6.04. The minimum atomic E-state index is -0.934. The van der Waals surface area contributed by atoms with E-state index in [-0.39, 0.29) is 11.1 Å². The first-order valence-corrected chi connectivity index (χ1v) is 10.9. The lowest BCUT2D eigenvalue weighted by Crippen LogP contribution is -2.21. The van der Waals surface area contributed by atoms with Gasteiger partial charge in [0.25, 0.3) is 0 Å². The summed E-state index contributed by atoms with van der Waals surface area (Å²) in [6.45, 7) is 4.65. The van der Waals surface area contributed by atoms with Gasteiger partial charge in [0.2, 0.25) is 0 Å². The Morgan fingerprint density at radius 3 is 2.41 bits per heavy atom. The van der Waals surface area contributed by atoms with Crippen LogP contribution in [-0.4, -0.2) is 6.61 Å². The number of halogens is 3. The first-order valence-electron chi connectivity index (χ1n) is 10.9. The molecule has 2 unspecified atom stereocenters. The van der Waals surface area contributed by atoms with Gasteiger partial charge < -0.3 is 4.74 Å². The second kappa shape index (κ2) is 10.3. The van der Waals surface area contributed by atoms with E-state index in [0.29, 0.717) is 36.5 Å². The normalized spacial score (nSPS) is 19.5. The Labute approximate surface area is 172 Å². The van der Waals surface area contributed by atoms with Crippen molar-refractivity contribution in [2.75, 3.05) is 6.61 Å². The van der Waals surface area contributed by atoms with E-state index in [1.165, 1.54) is 37.8 Å². The molecule has 2 aromatic rings. The molecule has 1 nitrogen and oxygen atoms in total. The van der Waals surface area contributed by atoms with Crippen LogP contribution in [0.4, 0.5) is 13.2 Å². The van der Waals surface area contributed by atoms with Crippen molar-refractivity contribution >= 4 is 0 Å². The predicted molar refractivity (Wildman–Crippen MR) is 111 cm³/mol. The van der Waals surface area contributed by atoms with Gasteiger partial charge >= 0.3 is 0 Å². The van der Waals surface area contributed by atoms with Crippen molar-refractivity contribution in [3.63, 3.8) is 0 Å². The molecular weight excluding hydrogens is 373 g/mol. The number of benzene rings is 2. The molecule has 0 bridgehead atoms. The zero-order valence-corrected chi connectivity index (χ0v) is 17.4. The van der Waals surface area contributed by atoms with E-state index < -0.39 is 23.6 Å². The molecule has 1 fully saturated rings. The number of unbranched alkanes of at least 4 members (excludes halogenated alkanes) is 3. The van der Waals surface area contributed by atoms with Gasteiger partial charge in [0.15, 0.2) is 11.6 Å². The lowest BCUT2D eigenvalue weighted by molar-refractivity contribution is -0.0218. The molecule has 1 saturated heterocycles. The van der Waals surface area contributed by atoms with Gasteiger partial charge in [0.1, 0.15) is 5.82 Å². The first kappa shape index (κ1) is 21.9. The molecular formula is C25H31F3O. The van der Waals surface area contributed by atoms with Crippen molar-refractivity contribution in [2.45, 2.75) is 71.3 Å². The molecule has 0 spiro atoms. The third kappa shape index (κ3) is 5.22. The highest BCUT2D eigenvalue weighted by molar-refractivity contribution is 5.65. The summed E-state index contributed by atoms with van der Waals surface area (Å²) < 4.78 is 49.6. The summed E-state index contributed by atoms with van der Waals surface area (Å²) in [5.41, 5.74) is 1.25. The largest absolute Gasteiger partial charge is 0.373 e. The summed E-state index contributed by atoms with van der Waals surface area (Å²) in [4.78, 5) is 0. The van der Waals surface area contributed by atoms with Crippen LogP contribution in [0.1, 0.15) is 76.0 Å². The summed E-state index contributed by atoms with van der Waals surface area (Å²) in [5.74, 6) is -1.70. The van der Waals surface area contributed by atoms with Crippen LogP contribution in [0.25, 0.3) is 11.1 Å². The molecule has 0 radical (unpaired) electrons. The Morgan fingerprint density at radius 1 is 0.931 bits per heavy atom. The van der Waals surface area contributed by atoms with Gasteiger partial charge in [-0.15, -0.1) is 0 Å². The first-order chi connectivity index (χ1) is 14.0. The van der Waals surface area contributed by atoms with Crippen LogP contribution in [0.3, 0.4) is 0 Å². The van der Waals surface area contributed by atoms with Gasteiger partial charge in [-0.3, -0.25) is 0 Å². The van der Waals surface area contributed by atoms with E-state index in [1.807, 2.05) is 6.92 Å². The maximum absolute atomic E-state index is 14.8. The fourth-order valence-electron chi connectivity index (χ4n) is 4.18. The topological polar surface area (TPSA) is 9.23 Å². The Hall–Kier alpha value is -1.81. The van der Waals surface area contributed by atoms with Crippen LogP contribution < -0.4 is 0 Å². The molecule has 4 heteroatoms. The lowest BCUT2D eigenvalue weighted by atomic mass is 9.90. The van der Waals surface area contributed by atoms with Crippen molar-refractivity contribution in [3.8, 4) is 11.1 Å². The van der Waals surface area contributed by atoms with Gasteiger partial charge in [0, 0.05) is 11.1 Å². The van der Waals surface area contributed by atoms with Crippen molar-refractivity contribution in [2.24, 2.45) is 5.92 Å². The molecule has 1 heterocycles. The second-order valence-electron chi connectivity index (χ2n) is 8.10. The minimum Gasteiger partial charge on any atom is -0.373 e. The molecule has 0 N–H and O–H groups in total. The fourth-order valence-corrected chi connectivity index (χ4v) is 4.18. The average Bonchev–Trinajstić information content (AvgIpc) is 2.74. The number of aryl methyl sites for hydroxylation is 1. The Morgan fingerprint density at radius 2 is 1.76 bits per heavy atom. The van der Waals surface area contributed by atoms with Crippen LogP contribution in [0.2, 0.25) is 0 Å². The van der Waals surface area contributed by atoms with Gasteiger partial charge in [-0.25, -0.2) is 13.2 Å². The van der Waals surface area contributed by atoms with Gasteiger partial charge in [0.05, 0.1) is 12.7 Å². The van der Waals surface area contributed by atoms with Gasteiger partial charge in [-0.1, -0.05) is 63.8 Å². The van der Waals surface area contributed by atoms with Gasteiger partial charge in [-0.2, -0.15) is 0 Å². The third-order valence-electron chi connectivity index (χ3n) is 6.04. The number of hydrogen-bond donors (Lipinski definition) is 0. The van der Waals surface area contributed by atoms with E-state index in [4.69, 9.17) is 4.74 Å². The Kier molecular flexibility index (Phi) is 7.77. The Bertz CT molecular complexity index is 810. The summed E-state index contributed by atoms with van der Waals surface area (Å²) in [5, 5.41) is 0. The zero-order chi connectivity index (χ0) is 20.8. The van der Waals surface area contributed by atoms with Crippen LogP contribution in [0.5, 0.6) is 0 Å². The molecule has 0 amide bonds. The molecule has 2 aromatic carbocycles. The van der Waals surface area contributed by atoms with E-state index in [0.717, 1.165) is 12.8 Å². The lowest BCUT2D eigenvalue weighted by Gasteiger charge is -2.29. The van der Waals surface area contributed by atoms with E-state index in [2.05, 4.69) is 6.92 Å². The highest BCUT2D eigenvalue weighted by Crippen LogP contribution is 2.36. The SMILES string of the molecule is CCCCCCC1CCC(c2ccc(-c3ccc(CC)c(F)c3)c(F)c2F)OC1. The van der Waals surface area contributed by atoms with Crippen LogP contribution in [0, 0.1) is 23.4 Å². The van der Waals surface area contributed by atoms with Crippen LogP contribution in [0.15, 0.2) is 30.3 Å². The molecule has 0 aromatic heterocycles. The maximum Gasteiger partial charge on any atom is 0.167 e. The van der Waals surface area contributed by atoms with Crippen molar-refractivity contribution in [1.82, 2.24) is 0 Å². The van der Waals surface area contributed by atoms with Crippen molar-refractivity contribution < 1.29 is 17.9 Å². The number of hydrogen-bond acceptors (Lipinski definition) is 1. The molecule has 29 heavy (non-hydrogen) atoms. The number of rotatable bonds is 8. The molecule has 1 aliphatic heterocycles. The summed E-state index contributed by atoms with van der Waals surface area (Å²) in [6, 6.07) is 7.66. The molecule has 2 atom stereocenters. The molecule has 0 aliphatic carbocycles. The van der Waals surface area contributed by atoms with E-state index in [1.54, 1.807) is 18.2 Å². The average molecular weight is 405 g/mol. The molecule has 0 saturated carbocycles. The monoisotopic (exact) mass is 404 g/mol. The van der Waals surface area contributed by atoms with Crippen LogP contribution in [-0.2, 0) is 11.2 Å². The maximum atomic E-state index is 14.8. The van der Waals surface area contributed by atoms with E-state index in [9.17, 15) is 13.2 Å². The Balaban J connectivity index is 1.68. The highest BCUT2D eigenvalue weighted by Gasteiger charge is 2.27. The fraction of sp³-hybridized carbons (Fsp3) is 0.520. The second-order valence-corrected chi connectivity index (χ2v) is 8.10. The van der Waals surface area contributed by atoms with Gasteiger partial charge in [-0.05, 0) is 48.8 Å². The summed E-state index contributed by atoms with van der Waals surface area (Å²) in [6.07, 6.45) is 7.90. The zero-order valence-electron chi connectivity index (χ0n) is 17.4. The number of ether oxygens (including phenoxy) is 1. The minimum absolute atomic E-state index is 0.0809. The summed E-state index contributed by atoms with van der Waals surface area (Å²) >= 11 is 0. The van der Waals surface area contributed by atoms with Crippen molar-refractivity contribution in [1.29, 1.82) is 0 Å². The quantitative estimate of drug-likeness (QED) is 0.408. The van der Waals surface area contributed by atoms with E-state index >= 15 is 0 Å². The molecule has 158 valence electrons. The molecule has 3 rings (SSSR count). The van der Waals surface area contributed by atoms with Crippen LogP contribution >= 0.6 is 0 Å².